The summed E-state index contributed by atoms with van der Waals surface area (Å²) in [5, 5.41) is 14.0. The fourth-order valence-corrected chi connectivity index (χ4v) is 1.03. The molecule has 3 N–H and O–H groups in total. The van der Waals surface area contributed by atoms with Crippen LogP contribution in [0.1, 0.15) is 40.0 Å². The Kier molecular flexibility index (Phi) is 7.64. The minimum absolute atomic E-state index is 0.0778. The normalized spacial score (nSPS) is 11.8. The monoisotopic (exact) mass is 228 g/mol. The van der Waals surface area contributed by atoms with Crippen LogP contribution in [-0.2, 0) is 0 Å². The molecule has 94 valence electrons. The van der Waals surface area contributed by atoms with Gasteiger partial charge in [-0.25, -0.2) is 4.79 Å². The van der Waals surface area contributed by atoms with Crippen molar-refractivity contribution in [2.24, 2.45) is 5.41 Å². The number of allylic oxidation sites excluding steroid dienone is 1. The van der Waals surface area contributed by atoms with Gasteiger partial charge >= 0.3 is 6.03 Å². The zero-order valence-corrected chi connectivity index (χ0v) is 10.5. The van der Waals surface area contributed by atoms with Crippen molar-refractivity contribution in [3.8, 4) is 0 Å². The largest absolute Gasteiger partial charge is 0.396 e. The van der Waals surface area contributed by atoms with Crippen LogP contribution >= 0.6 is 0 Å². The van der Waals surface area contributed by atoms with E-state index in [0.717, 1.165) is 19.3 Å². The van der Waals surface area contributed by atoms with E-state index in [1.807, 2.05) is 6.08 Å². The third kappa shape index (κ3) is 11.0. The number of urea groups is 1. The molecule has 0 fully saturated rings. The molecule has 0 radical (unpaired) electrons. The van der Waals surface area contributed by atoms with Crippen molar-refractivity contribution in [2.45, 2.75) is 40.0 Å². The van der Waals surface area contributed by atoms with E-state index in [-0.39, 0.29) is 18.1 Å². The first-order chi connectivity index (χ1) is 7.45. The van der Waals surface area contributed by atoms with Crippen molar-refractivity contribution in [3.63, 3.8) is 0 Å². The summed E-state index contributed by atoms with van der Waals surface area (Å²) in [4.78, 5) is 11.2. The molecule has 4 nitrogen and oxygen atoms in total. The third-order valence-electron chi connectivity index (χ3n) is 1.92. The van der Waals surface area contributed by atoms with Crippen molar-refractivity contribution in [1.29, 1.82) is 0 Å². The van der Waals surface area contributed by atoms with Crippen molar-refractivity contribution in [3.05, 3.63) is 12.3 Å². The molecule has 0 unspecified atom stereocenters. The summed E-state index contributed by atoms with van der Waals surface area (Å²) in [5.74, 6) is 0. The molecule has 2 amide bonds. The van der Waals surface area contributed by atoms with E-state index in [0.29, 0.717) is 6.54 Å². The van der Waals surface area contributed by atoms with E-state index in [1.54, 1.807) is 6.20 Å². The molecule has 0 heterocycles. The average Bonchev–Trinajstić information content (AvgIpc) is 2.15. The lowest BCUT2D eigenvalue weighted by Crippen LogP contribution is -2.33. The predicted octanol–water partition coefficient (Wildman–Crippen LogP) is 2.01. The summed E-state index contributed by atoms with van der Waals surface area (Å²) in [6.07, 6.45) is 6.25. The van der Waals surface area contributed by atoms with Crippen LogP contribution < -0.4 is 10.6 Å². The lowest BCUT2D eigenvalue weighted by atomic mass is 9.97. The molecule has 0 aromatic rings. The minimum Gasteiger partial charge on any atom is -0.396 e. The lowest BCUT2D eigenvalue weighted by molar-refractivity contribution is 0.243. The van der Waals surface area contributed by atoms with Crippen LogP contribution in [0.4, 0.5) is 4.79 Å². The smallest absolute Gasteiger partial charge is 0.318 e. The fraction of sp³-hybridized carbons (Fsp3) is 0.750. The molecule has 0 aromatic heterocycles. The molecule has 0 spiro atoms. The van der Waals surface area contributed by atoms with E-state index in [9.17, 15) is 4.79 Å². The number of amides is 2. The van der Waals surface area contributed by atoms with Crippen LogP contribution in [-0.4, -0.2) is 24.3 Å². The zero-order valence-electron chi connectivity index (χ0n) is 10.5. The van der Waals surface area contributed by atoms with Gasteiger partial charge in [-0.3, -0.25) is 0 Å². The van der Waals surface area contributed by atoms with E-state index in [1.165, 1.54) is 0 Å². The van der Waals surface area contributed by atoms with Gasteiger partial charge in [-0.2, -0.15) is 0 Å². The molecular weight excluding hydrogens is 204 g/mol. The standard InChI is InChI=1S/C12H24N2O2/c1-12(2,3)7-9-14-11(16)13-8-5-4-6-10-15/h7,9,15H,4-6,8,10H2,1-3H3,(H2,13,14,16)/b9-7+. The minimum atomic E-state index is -0.176. The van der Waals surface area contributed by atoms with E-state index in [2.05, 4.69) is 31.4 Å². The maximum Gasteiger partial charge on any atom is 0.318 e. The Bertz CT molecular complexity index is 220. The molecular formula is C12H24N2O2. The van der Waals surface area contributed by atoms with Gasteiger partial charge in [-0.1, -0.05) is 26.8 Å². The number of rotatable bonds is 6. The second-order valence-corrected chi connectivity index (χ2v) is 4.88. The Labute approximate surface area is 98.1 Å². The van der Waals surface area contributed by atoms with Crippen LogP contribution in [0.25, 0.3) is 0 Å². The van der Waals surface area contributed by atoms with Crippen molar-refractivity contribution in [2.75, 3.05) is 13.2 Å². The summed E-state index contributed by atoms with van der Waals surface area (Å²) < 4.78 is 0. The number of nitrogens with one attached hydrogen (secondary N) is 2. The number of hydrogen-bond acceptors (Lipinski definition) is 2. The summed E-state index contributed by atoms with van der Waals surface area (Å²) >= 11 is 0. The van der Waals surface area contributed by atoms with Crippen molar-refractivity contribution in [1.82, 2.24) is 10.6 Å². The van der Waals surface area contributed by atoms with Gasteiger partial charge in [0.15, 0.2) is 0 Å². The highest BCUT2D eigenvalue weighted by molar-refractivity contribution is 5.74. The van der Waals surface area contributed by atoms with Gasteiger partial charge < -0.3 is 15.7 Å². The summed E-state index contributed by atoms with van der Waals surface area (Å²) in [7, 11) is 0. The van der Waals surface area contributed by atoms with Crippen LogP contribution in [0.5, 0.6) is 0 Å². The highest BCUT2D eigenvalue weighted by Crippen LogP contribution is 2.13. The van der Waals surface area contributed by atoms with Crippen LogP contribution in [0.2, 0.25) is 0 Å². The molecule has 0 aliphatic carbocycles. The lowest BCUT2D eigenvalue weighted by Gasteiger charge is -2.11. The van der Waals surface area contributed by atoms with Crippen LogP contribution in [0.15, 0.2) is 12.3 Å². The highest BCUT2D eigenvalue weighted by atomic mass is 16.2. The van der Waals surface area contributed by atoms with Crippen molar-refractivity contribution >= 4 is 6.03 Å². The molecule has 0 aliphatic rings. The Morgan fingerprint density at radius 3 is 2.50 bits per heavy atom. The topological polar surface area (TPSA) is 61.4 Å². The van der Waals surface area contributed by atoms with Crippen LogP contribution in [0.3, 0.4) is 0 Å². The van der Waals surface area contributed by atoms with Gasteiger partial charge in [-0.05, 0) is 24.7 Å². The molecule has 0 atom stereocenters. The van der Waals surface area contributed by atoms with Gasteiger partial charge in [0.2, 0.25) is 0 Å². The number of aliphatic hydroxyl groups is 1. The first kappa shape index (κ1) is 15.0. The number of carbonyl (C=O) groups is 1. The molecule has 0 rings (SSSR count). The van der Waals surface area contributed by atoms with Gasteiger partial charge in [-0.15, -0.1) is 0 Å². The average molecular weight is 228 g/mol. The molecule has 0 saturated carbocycles. The molecule has 0 saturated heterocycles. The Hall–Kier alpha value is -1.03. The van der Waals surface area contributed by atoms with E-state index < -0.39 is 0 Å². The Balaban J connectivity index is 3.49. The number of aliphatic hydroxyl groups excluding tert-OH is 1. The highest BCUT2D eigenvalue weighted by Gasteiger charge is 2.03. The molecule has 0 aliphatic heterocycles. The number of hydrogen-bond donors (Lipinski definition) is 3. The maximum absolute atomic E-state index is 11.2. The molecule has 16 heavy (non-hydrogen) atoms. The van der Waals surface area contributed by atoms with Gasteiger partial charge in [0.25, 0.3) is 0 Å². The summed E-state index contributed by atoms with van der Waals surface area (Å²) in [5.41, 5.74) is 0.0778. The van der Waals surface area contributed by atoms with Gasteiger partial charge in [0, 0.05) is 19.4 Å². The number of carbonyl (C=O) groups excluding carboxylic acids is 1. The zero-order chi connectivity index (χ0) is 12.4. The van der Waals surface area contributed by atoms with Gasteiger partial charge in [0.1, 0.15) is 0 Å². The molecule has 4 heteroatoms. The van der Waals surface area contributed by atoms with Crippen molar-refractivity contribution < 1.29 is 9.90 Å². The van der Waals surface area contributed by atoms with E-state index >= 15 is 0 Å². The third-order valence-corrected chi connectivity index (χ3v) is 1.92. The van der Waals surface area contributed by atoms with Crippen LogP contribution in [0, 0.1) is 5.41 Å². The van der Waals surface area contributed by atoms with E-state index in [4.69, 9.17) is 5.11 Å². The predicted molar refractivity (Wildman–Crippen MR) is 66.1 cm³/mol. The summed E-state index contributed by atoms with van der Waals surface area (Å²) in [6, 6.07) is -0.176. The van der Waals surface area contributed by atoms with Gasteiger partial charge in [0.05, 0.1) is 0 Å². The number of unbranched alkanes of at least 4 members (excludes halogenated alkanes) is 2. The SMILES string of the molecule is CC(C)(C)/C=C/NC(=O)NCCCCCO. The summed E-state index contributed by atoms with van der Waals surface area (Å²) in [6.45, 7) is 7.07. The Morgan fingerprint density at radius 2 is 1.94 bits per heavy atom. The second-order valence-electron chi connectivity index (χ2n) is 4.88. The first-order valence-electron chi connectivity index (χ1n) is 5.78. The molecule has 0 aromatic carbocycles. The first-order valence-corrected chi connectivity index (χ1v) is 5.78. The quantitative estimate of drug-likeness (QED) is 0.609. The maximum atomic E-state index is 11.2. The fourth-order valence-electron chi connectivity index (χ4n) is 1.03. The second kappa shape index (κ2) is 8.16. The molecule has 0 bridgehead atoms. The Morgan fingerprint density at radius 1 is 1.25 bits per heavy atom.